The van der Waals surface area contributed by atoms with E-state index < -0.39 is 17.4 Å². The Bertz CT molecular complexity index is 1230. The number of nitrogens with zero attached hydrogens (tertiary/aromatic N) is 3. The van der Waals surface area contributed by atoms with Gasteiger partial charge in [-0.3, -0.25) is 0 Å². The second kappa shape index (κ2) is 7.11. The molecule has 1 aromatic carbocycles. The summed E-state index contributed by atoms with van der Waals surface area (Å²) in [7, 11) is 4.08. The van der Waals surface area contributed by atoms with Crippen LogP contribution in [-0.2, 0) is 4.74 Å². The van der Waals surface area contributed by atoms with Gasteiger partial charge in [-0.05, 0) is 94.0 Å². The van der Waals surface area contributed by atoms with Gasteiger partial charge in [0.15, 0.2) is 0 Å². The van der Waals surface area contributed by atoms with Crippen molar-refractivity contribution in [3.05, 3.63) is 42.4 Å². The summed E-state index contributed by atoms with van der Waals surface area (Å²) >= 11 is 0. The molecule has 5 unspecified atom stereocenters. The number of hydrogen-bond donors (Lipinski definition) is 1. The number of hydrogen-bond acceptors (Lipinski definition) is 5. The minimum Gasteiger partial charge on any atom is -0.391 e. The average Bonchev–Trinajstić information content (AvgIpc) is 3.37. The van der Waals surface area contributed by atoms with Crippen molar-refractivity contribution in [2.75, 3.05) is 14.1 Å². The van der Waals surface area contributed by atoms with Crippen molar-refractivity contribution in [1.82, 2.24) is 14.9 Å². The predicted octanol–water partition coefficient (Wildman–Crippen LogP) is 4.93. The minimum absolute atomic E-state index is 0.0698. The lowest BCUT2D eigenvalue weighted by Gasteiger charge is -2.63. The standard InChI is InChI=1S/C29H36FN3O2/c1-26-8-10-28(30)14-20-13-24(34)23(33(2)3)15-27(20)9-11-29(28,35-27)25(26)7-6-21(26)18-4-5-19-16-31-17-32-22(19)12-18/h4-6,12,16-17,20,23-25,34H,7-11,13-15H2,1-3H3/t20?,23-,24?,25?,26?,27+,28?,29-/m0/s1. The van der Waals surface area contributed by atoms with Gasteiger partial charge in [0.05, 0.1) is 17.2 Å². The smallest absolute Gasteiger partial charge is 0.140 e. The van der Waals surface area contributed by atoms with Crippen molar-refractivity contribution >= 4 is 16.5 Å². The van der Waals surface area contributed by atoms with Crippen molar-refractivity contribution in [2.24, 2.45) is 17.3 Å². The van der Waals surface area contributed by atoms with Crippen LogP contribution < -0.4 is 0 Å². The van der Waals surface area contributed by atoms with Crippen molar-refractivity contribution in [2.45, 2.75) is 87.3 Å². The molecule has 0 amide bonds. The van der Waals surface area contributed by atoms with Gasteiger partial charge in [-0.15, -0.1) is 0 Å². The summed E-state index contributed by atoms with van der Waals surface area (Å²) in [5.74, 6) is 0.238. The van der Waals surface area contributed by atoms with Gasteiger partial charge in [-0.25, -0.2) is 14.4 Å². The maximum atomic E-state index is 17.1. The Morgan fingerprint density at radius 2 is 2.00 bits per heavy atom. The van der Waals surface area contributed by atoms with E-state index in [1.54, 1.807) is 6.33 Å². The second-order valence-corrected chi connectivity index (χ2v) is 12.6. The van der Waals surface area contributed by atoms with Crippen LogP contribution in [0.4, 0.5) is 4.39 Å². The highest BCUT2D eigenvalue weighted by atomic mass is 19.1. The second-order valence-electron chi connectivity index (χ2n) is 12.6. The predicted molar refractivity (Wildman–Crippen MR) is 133 cm³/mol. The van der Waals surface area contributed by atoms with Gasteiger partial charge in [0, 0.05) is 23.5 Å². The van der Waals surface area contributed by atoms with E-state index in [0.29, 0.717) is 19.3 Å². The molecule has 2 aromatic rings. The van der Waals surface area contributed by atoms with Crippen LogP contribution in [0.5, 0.6) is 0 Å². The number of aliphatic hydroxyl groups is 1. The summed E-state index contributed by atoms with van der Waals surface area (Å²) in [6, 6.07) is 6.52. The minimum atomic E-state index is -1.31. The molecule has 2 saturated carbocycles. The molecular weight excluding hydrogens is 441 g/mol. The van der Waals surface area contributed by atoms with Crippen LogP contribution in [0.25, 0.3) is 16.5 Å². The first kappa shape index (κ1) is 22.3. The Balaban J connectivity index is 1.26. The average molecular weight is 478 g/mol. The molecule has 1 aromatic heterocycles. The Kier molecular flexibility index (Phi) is 4.53. The number of fused-ring (bicyclic) bond motifs is 2. The van der Waals surface area contributed by atoms with Crippen LogP contribution in [-0.4, -0.2) is 63.1 Å². The molecule has 2 spiro atoms. The van der Waals surface area contributed by atoms with Gasteiger partial charge in [0.1, 0.15) is 17.6 Å². The quantitative estimate of drug-likeness (QED) is 0.664. The van der Waals surface area contributed by atoms with E-state index in [1.807, 2.05) is 20.3 Å². The van der Waals surface area contributed by atoms with E-state index in [4.69, 9.17) is 4.74 Å². The van der Waals surface area contributed by atoms with Crippen molar-refractivity contribution in [3.63, 3.8) is 0 Å². The first-order valence-corrected chi connectivity index (χ1v) is 13.3. The van der Waals surface area contributed by atoms with Gasteiger partial charge in [-0.1, -0.05) is 25.1 Å². The van der Waals surface area contributed by atoms with E-state index in [-0.39, 0.29) is 28.9 Å². The third kappa shape index (κ3) is 2.79. The number of ether oxygens (including phenoxy) is 1. The highest BCUT2D eigenvalue weighted by Gasteiger charge is 2.76. The maximum absolute atomic E-state index is 17.1. The van der Waals surface area contributed by atoms with Crippen LogP contribution in [0.3, 0.4) is 0 Å². The molecule has 5 aliphatic rings. The number of benzene rings is 1. The van der Waals surface area contributed by atoms with Gasteiger partial charge in [0.25, 0.3) is 0 Å². The van der Waals surface area contributed by atoms with Gasteiger partial charge >= 0.3 is 0 Å². The first-order chi connectivity index (χ1) is 16.7. The van der Waals surface area contributed by atoms with Crippen molar-refractivity contribution < 1.29 is 14.2 Å². The highest BCUT2D eigenvalue weighted by molar-refractivity contribution is 5.84. The number of halogens is 1. The van der Waals surface area contributed by atoms with E-state index in [1.165, 1.54) is 11.1 Å². The molecule has 35 heavy (non-hydrogen) atoms. The van der Waals surface area contributed by atoms with Crippen molar-refractivity contribution in [1.29, 1.82) is 0 Å². The van der Waals surface area contributed by atoms with Crippen LogP contribution in [0.1, 0.15) is 63.9 Å². The lowest BCUT2D eigenvalue weighted by atomic mass is 9.52. The zero-order valence-electron chi connectivity index (χ0n) is 21.0. The lowest BCUT2D eigenvalue weighted by Crippen LogP contribution is -2.69. The number of alkyl halides is 1. The molecule has 2 saturated heterocycles. The fourth-order valence-corrected chi connectivity index (χ4v) is 9.14. The van der Waals surface area contributed by atoms with E-state index in [0.717, 1.165) is 43.0 Å². The summed E-state index contributed by atoms with van der Waals surface area (Å²) in [6.45, 7) is 2.35. The maximum Gasteiger partial charge on any atom is 0.140 e. The lowest BCUT2D eigenvalue weighted by molar-refractivity contribution is -0.299. The Morgan fingerprint density at radius 3 is 2.83 bits per heavy atom. The molecule has 5 nitrogen and oxygen atoms in total. The Morgan fingerprint density at radius 1 is 1.14 bits per heavy atom. The van der Waals surface area contributed by atoms with Gasteiger partial charge in [-0.2, -0.15) is 0 Å². The van der Waals surface area contributed by atoms with Crippen molar-refractivity contribution in [3.8, 4) is 0 Å². The Labute approximate surface area is 206 Å². The molecule has 4 fully saturated rings. The molecule has 1 N–H and O–H groups in total. The highest BCUT2D eigenvalue weighted by Crippen LogP contribution is 2.72. The zero-order chi connectivity index (χ0) is 24.2. The summed E-state index contributed by atoms with van der Waals surface area (Å²) in [5, 5.41) is 11.9. The largest absolute Gasteiger partial charge is 0.391 e. The molecule has 7 rings (SSSR count). The van der Waals surface area contributed by atoms with E-state index in [2.05, 4.69) is 46.1 Å². The fourth-order valence-electron chi connectivity index (χ4n) is 9.14. The summed E-state index contributed by atoms with van der Waals surface area (Å²) < 4.78 is 24.3. The molecule has 8 atom stereocenters. The molecule has 186 valence electrons. The topological polar surface area (TPSA) is 58.5 Å². The first-order valence-electron chi connectivity index (χ1n) is 13.3. The third-order valence-electron chi connectivity index (χ3n) is 10.9. The van der Waals surface area contributed by atoms with E-state index >= 15 is 4.39 Å². The van der Waals surface area contributed by atoms with Gasteiger partial charge < -0.3 is 14.7 Å². The number of aromatic nitrogens is 2. The molecular formula is C29H36FN3O2. The number of allylic oxidation sites excluding steroid dienone is 2. The Hall–Kier alpha value is -1.89. The SMILES string of the molecule is CN(C)[C@H]1C[C@@]23CC[C@]4(O2)C2CC=C(c5ccc6cncnc6c5)C2(C)CCC4(F)CC3CC1O. The summed E-state index contributed by atoms with van der Waals surface area (Å²) in [5.41, 5.74) is 1.01. The molecule has 3 heterocycles. The van der Waals surface area contributed by atoms with Crippen LogP contribution in [0.15, 0.2) is 36.8 Å². The van der Waals surface area contributed by atoms with Crippen LogP contribution >= 0.6 is 0 Å². The zero-order valence-corrected chi connectivity index (χ0v) is 21.0. The van der Waals surface area contributed by atoms with Crippen LogP contribution in [0, 0.1) is 17.3 Å². The molecule has 2 aliphatic heterocycles. The summed E-state index contributed by atoms with van der Waals surface area (Å²) in [4.78, 5) is 10.8. The number of rotatable bonds is 2. The van der Waals surface area contributed by atoms with Gasteiger partial charge in [0.2, 0.25) is 0 Å². The fraction of sp³-hybridized carbons (Fsp3) is 0.655. The normalized spacial score (nSPS) is 46.3. The molecule has 0 radical (unpaired) electrons. The summed E-state index contributed by atoms with van der Waals surface area (Å²) in [6.07, 6.45) is 11.3. The number of likely N-dealkylation sites (N-methyl/N-ethyl adjacent to an activating group) is 1. The van der Waals surface area contributed by atoms with E-state index in [9.17, 15) is 5.11 Å². The molecule has 6 heteroatoms. The monoisotopic (exact) mass is 477 g/mol. The van der Waals surface area contributed by atoms with Crippen LogP contribution in [0.2, 0.25) is 0 Å². The molecule has 3 aliphatic carbocycles. The third-order valence-corrected chi connectivity index (χ3v) is 10.9. The number of aliphatic hydroxyl groups excluding tert-OH is 1. The molecule has 2 bridgehead atoms.